The molecule has 0 atom stereocenters. The van der Waals surface area contributed by atoms with E-state index in [1.165, 1.54) is 17.7 Å². The zero-order chi connectivity index (χ0) is 17.5. The number of furan rings is 1. The highest BCUT2D eigenvalue weighted by Crippen LogP contribution is 2.29. The quantitative estimate of drug-likeness (QED) is 0.609. The van der Waals surface area contributed by atoms with Crippen LogP contribution in [0.1, 0.15) is 23.2 Å². The number of hydrogen-bond donors (Lipinski definition) is 1. The van der Waals surface area contributed by atoms with Crippen LogP contribution >= 0.6 is 0 Å². The summed E-state index contributed by atoms with van der Waals surface area (Å²) in [5.74, 6) is 2.34. The Balaban J connectivity index is 1.56. The van der Waals surface area contributed by atoms with Crippen molar-refractivity contribution in [1.29, 1.82) is 0 Å². The summed E-state index contributed by atoms with van der Waals surface area (Å²) in [6.45, 7) is 0.571. The number of benzene rings is 1. The van der Waals surface area contributed by atoms with Crippen molar-refractivity contribution in [2.24, 2.45) is 0 Å². The molecule has 130 valence electrons. The molecule has 0 fully saturated rings. The van der Waals surface area contributed by atoms with Crippen molar-refractivity contribution >= 4 is 11.6 Å². The van der Waals surface area contributed by atoms with Crippen LogP contribution in [0.15, 0.2) is 47.1 Å². The molecule has 0 saturated carbocycles. The van der Waals surface area contributed by atoms with E-state index in [0.717, 1.165) is 36.3 Å². The number of anilines is 1. The van der Waals surface area contributed by atoms with Crippen molar-refractivity contribution in [3.8, 4) is 11.6 Å². The van der Waals surface area contributed by atoms with Crippen molar-refractivity contribution in [3.63, 3.8) is 0 Å². The molecular formula is C19H16FN5O. The van der Waals surface area contributed by atoms with Crippen molar-refractivity contribution in [3.05, 3.63) is 65.3 Å². The molecule has 0 saturated heterocycles. The van der Waals surface area contributed by atoms with Gasteiger partial charge in [0.05, 0.1) is 12.0 Å². The van der Waals surface area contributed by atoms with Gasteiger partial charge in [0.1, 0.15) is 11.6 Å². The Labute approximate surface area is 148 Å². The van der Waals surface area contributed by atoms with E-state index in [4.69, 9.17) is 4.42 Å². The largest absolute Gasteiger partial charge is 0.461 e. The fourth-order valence-corrected chi connectivity index (χ4v) is 3.36. The van der Waals surface area contributed by atoms with Gasteiger partial charge in [-0.15, -0.1) is 5.10 Å². The van der Waals surface area contributed by atoms with Gasteiger partial charge in [-0.1, -0.05) is 12.1 Å². The molecule has 3 aromatic heterocycles. The van der Waals surface area contributed by atoms with Crippen LogP contribution in [-0.2, 0) is 19.4 Å². The highest BCUT2D eigenvalue weighted by atomic mass is 19.1. The van der Waals surface area contributed by atoms with E-state index in [9.17, 15) is 4.39 Å². The number of aromatic nitrogens is 4. The Kier molecular flexibility index (Phi) is 3.44. The van der Waals surface area contributed by atoms with Gasteiger partial charge in [0.15, 0.2) is 5.76 Å². The van der Waals surface area contributed by atoms with E-state index < -0.39 is 0 Å². The molecule has 0 unspecified atom stereocenters. The summed E-state index contributed by atoms with van der Waals surface area (Å²) in [5.41, 5.74) is 3.24. The Morgan fingerprint density at radius 2 is 2.00 bits per heavy atom. The summed E-state index contributed by atoms with van der Waals surface area (Å²) in [4.78, 5) is 9.19. The first kappa shape index (κ1) is 15.1. The van der Waals surface area contributed by atoms with E-state index in [1.54, 1.807) is 22.9 Å². The Hall–Kier alpha value is -3.22. The molecule has 4 aromatic rings. The van der Waals surface area contributed by atoms with Crippen LogP contribution in [0.5, 0.6) is 0 Å². The number of fused-ring (bicyclic) bond motifs is 2. The van der Waals surface area contributed by atoms with Gasteiger partial charge < -0.3 is 9.73 Å². The molecule has 1 aliphatic rings. The standard InChI is InChI=1S/C19H16FN5O/c20-13-8-6-12(7-9-13)11-21-18-14-3-1-4-15(14)22-19-23-17(24-25(18)19)16-5-2-10-26-16/h2,5-10,21H,1,3-4,11H2. The van der Waals surface area contributed by atoms with Crippen LogP contribution in [0, 0.1) is 5.82 Å². The van der Waals surface area contributed by atoms with E-state index >= 15 is 0 Å². The lowest BCUT2D eigenvalue weighted by Gasteiger charge is -2.12. The molecule has 1 aliphatic carbocycles. The first-order chi connectivity index (χ1) is 12.8. The van der Waals surface area contributed by atoms with Crippen LogP contribution in [-0.4, -0.2) is 19.6 Å². The van der Waals surface area contributed by atoms with Gasteiger partial charge in [-0.2, -0.15) is 9.50 Å². The first-order valence-electron chi connectivity index (χ1n) is 8.58. The van der Waals surface area contributed by atoms with Crippen LogP contribution in [0.3, 0.4) is 0 Å². The summed E-state index contributed by atoms with van der Waals surface area (Å²) in [5, 5.41) is 8.04. The molecule has 0 spiro atoms. The van der Waals surface area contributed by atoms with E-state index in [1.807, 2.05) is 12.1 Å². The zero-order valence-corrected chi connectivity index (χ0v) is 13.9. The third-order valence-electron chi connectivity index (χ3n) is 4.63. The highest BCUT2D eigenvalue weighted by molar-refractivity contribution is 5.58. The van der Waals surface area contributed by atoms with Crippen molar-refractivity contribution in [2.45, 2.75) is 25.8 Å². The number of hydrogen-bond acceptors (Lipinski definition) is 5. The van der Waals surface area contributed by atoms with Gasteiger partial charge in [0, 0.05) is 12.1 Å². The van der Waals surface area contributed by atoms with Crippen LogP contribution < -0.4 is 5.32 Å². The van der Waals surface area contributed by atoms with E-state index in [-0.39, 0.29) is 5.82 Å². The molecule has 5 rings (SSSR count). The fourth-order valence-electron chi connectivity index (χ4n) is 3.36. The lowest BCUT2D eigenvalue weighted by molar-refractivity contribution is 0.577. The number of nitrogens with one attached hydrogen (secondary N) is 1. The average molecular weight is 349 g/mol. The maximum Gasteiger partial charge on any atom is 0.255 e. The number of halogens is 1. The monoisotopic (exact) mass is 349 g/mol. The fraction of sp³-hybridized carbons (Fsp3) is 0.211. The maximum absolute atomic E-state index is 13.1. The number of nitrogens with zero attached hydrogens (tertiary/aromatic N) is 4. The summed E-state index contributed by atoms with van der Waals surface area (Å²) < 4.78 is 20.3. The molecule has 3 heterocycles. The second-order valence-electron chi connectivity index (χ2n) is 6.34. The predicted octanol–water partition coefficient (Wildman–Crippen LogP) is 3.62. The van der Waals surface area contributed by atoms with E-state index in [0.29, 0.717) is 23.9 Å². The smallest absolute Gasteiger partial charge is 0.255 e. The normalized spacial score (nSPS) is 13.3. The van der Waals surface area contributed by atoms with Crippen LogP contribution in [0.25, 0.3) is 17.4 Å². The first-order valence-corrected chi connectivity index (χ1v) is 8.58. The minimum atomic E-state index is -0.236. The molecule has 1 aromatic carbocycles. The summed E-state index contributed by atoms with van der Waals surface area (Å²) >= 11 is 0. The lowest BCUT2D eigenvalue weighted by Crippen LogP contribution is -2.10. The lowest BCUT2D eigenvalue weighted by atomic mass is 10.2. The third kappa shape index (κ3) is 2.52. The molecule has 6 nitrogen and oxygen atoms in total. The molecule has 0 amide bonds. The summed E-state index contributed by atoms with van der Waals surface area (Å²) in [6, 6.07) is 10.1. The highest BCUT2D eigenvalue weighted by Gasteiger charge is 2.22. The van der Waals surface area contributed by atoms with Crippen LogP contribution in [0.4, 0.5) is 10.2 Å². The predicted molar refractivity (Wildman–Crippen MR) is 94.2 cm³/mol. The zero-order valence-electron chi connectivity index (χ0n) is 13.9. The molecule has 1 N–H and O–H groups in total. The minimum absolute atomic E-state index is 0.236. The molecule has 26 heavy (non-hydrogen) atoms. The topological polar surface area (TPSA) is 68.2 Å². The molecule has 0 aliphatic heterocycles. The third-order valence-corrected chi connectivity index (χ3v) is 4.63. The molecule has 7 heteroatoms. The van der Waals surface area contributed by atoms with Gasteiger partial charge in [0.25, 0.3) is 5.78 Å². The number of rotatable bonds is 4. The minimum Gasteiger partial charge on any atom is -0.461 e. The molecular weight excluding hydrogens is 333 g/mol. The van der Waals surface area contributed by atoms with Gasteiger partial charge >= 0.3 is 0 Å². The van der Waals surface area contributed by atoms with Gasteiger partial charge in [-0.05, 0) is 49.1 Å². The average Bonchev–Trinajstić information content (AvgIpc) is 3.39. The summed E-state index contributed by atoms with van der Waals surface area (Å²) in [6.07, 6.45) is 4.58. The second kappa shape index (κ2) is 5.94. The second-order valence-corrected chi connectivity index (χ2v) is 6.34. The van der Waals surface area contributed by atoms with Gasteiger partial charge in [-0.3, -0.25) is 0 Å². The van der Waals surface area contributed by atoms with Crippen molar-refractivity contribution < 1.29 is 8.81 Å². The molecule has 0 radical (unpaired) electrons. The maximum atomic E-state index is 13.1. The SMILES string of the molecule is Fc1ccc(CNc2c3c(nc4nc(-c5ccco5)nn24)CCC3)cc1. The molecule has 0 bridgehead atoms. The van der Waals surface area contributed by atoms with Crippen LogP contribution in [0.2, 0.25) is 0 Å². The van der Waals surface area contributed by atoms with Gasteiger partial charge in [0.2, 0.25) is 5.82 Å². The van der Waals surface area contributed by atoms with E-state index in [2.05, 4.69) is 20.4 Å². The van der Waals surface area contributed by atoms with Crippen molar-refractivity contribution in [1.82, 2.24) is 19.6 Å². The number of aryl methyl sites for hydroxylation is 1. The Morgan fingerprint density at radius 1 is 1.12 bits per heavy atom. The Bertz CT molecular complexity index is 1070. The van der Waals surface area contributed by atoms with Gasteiger partial charge in [-0.25, -0.2) is 9.37 Å². The summed E-state index contributed by atoms with van der Waals surface area (Å²) in [7, 11) is 0. The van der Waals surface area contributed by atoms with Crippen molar-refractivity contribution in [2.75, 3.05) is 5.32 Å². The Morgan fingerprint density at radius 3 is 2.81 bits per heavy atom.